The second-order valence-corrected chi connectivity index (χ2v) is 9.37. The van der Waals surface area contributed by atoms with Gasteiger partial charge in [-0.3, -0.25) is 4.79 Å². The highest BCUT2D eigenvalue weighted by atomic mass is 19.1. The van der Waals surface area contributed by atoms with E-state index in [0.717, 1.165) is 12.0 Å². The van der Waals surface area contributed by atoms with Crippen LogP contribution >= 0.6 is 0 Å². The van der Waals surface area contributed by atoms with Crippen LogP contribution in [0.5, 0.6) is 5.75 Å². The number of aromatic nitrogens is 1. The fourth-order valence-corrected chi connectivity index (χ4v) is 4.78. The Hall–Kier alpha value is -4.14. The third kappa shape index (κ3) is 4.56. The zero-order valence-electron chi connectivity index (χ0n) is 19.8. The molecule has 1 aromatic heterocycles. The molecule has 0 bridgehead atoms. The first-order valence-electron chi connectivity index (χ1n) is 11.8. The number of carbonyl (C=O) groups excluding carboxylic acids is 2. The maximum atomic E-state index is 13.7. The highest BCUT2D eigenvalue weighted by Crippen LogP contribution is 2.74. The number of hydrogen-bond acceptors (Lipinski definition) is 5. The monoisotopic (exact) mass is 490 g/mol. The van der Waals surface area contributed by atoms with Gasteiger partial charge in [0.2, 0.25) is 5.91 Å². The number of aliphatic hydroxyl groups excluding tert-OH is 1. The van der Waals surface area contributed by atoms with E-state index in [0.29, 0.717) is 41.3 Å². The third-order valence-corrected chi connectivity index (χ3v) is 6.97. The van der Waals surface area contributed by atoms with Crippen molar-refractivity contribution in [1.29, 1.82) is 0 Å². The third-order valence-electron chi connectivity index (χ3n) is 6.97. The van der Waals surface area contributed by atoms with Crippen molar-refractivity contribution in [3.8, 4) is 5.75 Å². The van der Waals surface area contributed by atoms with E-state index in [4.69, 9.17) is 4.74 Å². The summed E-state index contributed by atoms with van der Waals surface area (Å²) in [5.74, 6) is 1.43. The van der Waals surface area contributed by atoms with Gasteiger partial charge >= 0.3 is 6.03 Å². The molecule has 3 atom stereocenters. The number of nitrogens with zero attached hydrogens (tertiary/aromatic N) is 1. The normalized spacial score (nSPS) is 24.1. The smallest absolute Gasteiger partial charge is 0.315 e. The molecule has 5 rings (SSSR count). The Morgan fingerprint density at radius 3 is 2.92 bits per heavy atom. The largest absolute Gasteiger partial charge is 0.508 e. The molecule has 3 aliphatic rings. The van der Waals surface area contributed by atoms with Gasteiger partial charge in [0, 0.05) is 36.2 Å². The first-order chi connectivity index (χ1) is 17.3. The highest BCUT2D eigenvalue weighted by molar-refractivity contribution is 5.93. The second-order valence-electron chi connectivity index (χ2n) is 9.37. The first-order valence-corrected chi connectivity index (χ1v) is 11.8. The molecule has 4 N–H and O–H groups in total. The molecule has 1 aliphatic heterocycles. The van der Waals surface area contributed by atoms with Gasteiger partial charge in [-0.15, -0.1) is 0 Å². The molecular formula is C27H27FN4O4. The van der Waals surface area contributed by atoms with Gasteiger partial charge < -0.3 is 25.8 Å². The van der Waals surface area contributed by atoms with E-state index in [1.807, 2.05) is 0 Å². The van der Waals surface area contributed by atoms with Crippen molar-refractivity contribution in [2.24, 2.45) is 11.8 Å². The summed E-state index contributed by atoms with van der Waals surface area (Å²) in [6, 6.07) is 7.66. The Bertz CT molecular complexity index is 1320. The topological polar surface area (TPSA) is 113 Å². The number of urea groups is 1. The lowest BCUT2D eigenvalue weighted by atomic mass is 10.0. The quantitative estimate of drug-likeness (QED) is 0.326. The molecule has 0 saturated heterocycles. The van der Waals surface area contributed by atoms with Crippen molar-refractivity contribution in [2.75, 3.05) is 5.32 Å². The summed E-state index contributed by atoms with van der Waals surface area (Å²) in [6.45, 7) is 5.88. The summed E-state index contributed by atoms with van der Waals surface area (Å²) >= 11 is 0. The number of amides is 3. The number of halogens is 1. The molecule has 9 heteroatoms. The zero-order valence-corrected chi connectivity index (χ0v) is 19.8. The first kappa shape index (κ1) is 23.6. The van der Waals surface area contributed by atoms with Crippen LogP contribution in [0.25, 0.3) is 0 Å². The molecule has 36 heavy (non-hydrogen) atoms. The Morgan fingerprint density at radius 2 is 2.14 bits per heavy atom. The number of nitrogens with one attached hydrogen (secondary N) is 3. The van der Waals surface area contributed by atoms with E-state index in [-0.39, 0.29) is 41.9 Å². The lowest BCUT2D eigenvalue weighted by Crippen LogP contribution is -2.41. The zero-order chi connectivity index (χ0) is 25.4. The van der Waals surface area contributed by atoms with Crippen molar-refractivity contribution in [2.45, 2.75) is 38.3 Å². The number of fused-ring (bicyclic) bond motifs is 2. The van der Waals surface area contributed by atoms with Crippen LogP contribution in [0.4, 0.5) is 15.0 Å². The number of allylic oxidation sites excluding steroid dienone is 4. The van der Waals surface area contributed by atoms with E-state index in [1.165, 1.54) is 12.1 Å². The standard InChI is InChI=1S/C27H27FN4O4/c1-15(36-22-11-12-29-25-18(22)8-10-23(34)31-25)7-9-21(33)16(2)24-19-13-27(19,24)32-26(35)30-14-17-5-3-4-6-20(17)28/h3-7,9,11-12,19,24,33H,2,8,10,13-14H2,1H3,(H,29,31,34)(H2,30,32,35)/b15-7+,21-9+/t19-,24+,27-/m0/s1. The summed E-state index contributed by atoms with van der Waals surface area (Å²) in [5, 5.41) is 19.0. The molecule has 0 unspecified atom stereocenters. The van der Waals surface area contributed by atoms with Crippen LogP contribution in [-0.2, 0) is 17.8 Å². The van der Waals surface area contributed by atoms with Crippen LogP contribution in [0.3, 0.4) is 0 Å². The Kier molecular flexibility index (Phi) is 5.99. The Balaban J connectivity index is 1.15. The van der Waals surface area contributed by atoms with Gasteiger partial charge in [-0.2, -0.15) is 0 Å². The SMILES string of the molecule is C=C(/C(O)=C\C=C(/C)Oc1ccnc2c1CCC(=O)N2)[C@@H]1[C@@H]2C[C@@]12NC(=O)NCc1ccccc1F. The molecule has 2 saturated carbocycles. The molecule has 3 amide bonds. The lowest BCUT2D eigenvalue weighted by molar-refractivity contribution is -0.116. The molecule has 8 nitrogen and oxygen atoms in total. The predicted octanol–water partition coefficient (Wildman–Crippen LogP) is 4.27. The van der Waals surface area contributed by atoms with Gasteiger partial charge in [-0.25, -0.2) is 14.2 Å². The minimum absolute atomic E-state index is 0.0205. The molecule has 0 spiro atoms. The van der Waals surface area contributed by atoms with Crippen molar-refractivity contribution >= 4 is 17.8 Å². The average molecular weight is 491 g/mol. The number of anilines is 1. The van der Waals surface area contributed by atoms with E-state index in [1.54, 1.807) is 43.5 Å². The van der Waals surface area contributed by atoms with Crippen LogP contribution in [-0.4, -0.2) is 27.6 Å². The van der Waals surface area contributed by atoms with E-state index < -0.39 is 5.54 Å². The van der Waals surface area contributed by atoms with Crippen LogP contribution < -0.4 is 20.7 Å². The van der Waals surface area contributed by atoms with Crippen LogP contribution in [0.15, 0.2) is 72.4 Å². The molecule has 2 fully saturated rings. The number of rotatable bonds is 8. The fraction of sp³-hybridized carbons (Fsp3) is 0.296. The maximum absolute atomic E-state index is 13.7. The van der Waals surface area contributed by atoms with Gasteiger partial charge in [-0.1, -0.05) is 24.8 Å². The summed E-state index contributed by atoms with van der Waals surface area (Å²) < 4.78 is 19.7. The van der Waals surface area contributed by atoms with Crippen LogP contribution in [0.2, 0.25) is 0 Å². The Labute approximate surface area is 208 Å². The minimum atomic E-state index is -0.395. The molecule has 1 aromatic carbocycles. The number of hydrogen-bond donors (Lipinski definition) is 4. The number of benzene rings is 1. The second kappa shape index (κ2) is 9.14. The molecule has 186 valence electrons. The van der Waals surface area contributed by atoms with Crippen molar-refractivity contribution in [3.05, 3.63) is 89.3 Å². The van der Waals surface area contributed by atoms with E-state index in [9.17, 15) is 19.1 Å². The predicted molar refractivity (Wildman–Crippen MR) is 132 cm³/mol. The van der Waals surface area contributed by atoms with Crippen molar-refractivity contribution in [1.82, 2.24) is 15.6 Å². The van der Waals surface area contributed by atoms with Gasteiger partial charge in [0.15, 0.2) is 0 Å². The molecule has 2 aromatic rings. The van der Waals surface area contributed by atoms with Crippen molar-refractivity contribution in [3.63, 3.8) is 0 Å². The number of aliphatic hydroxyl groups is 1. The van der Waals surface area contributed by atoms with Gasteiger partial charge in [0.25, 0.3) is 0 Å². The van der Waals surface area contributed by atoms with Crippen LogP contribution in [0, 0.1) is 17.7 Å². The van der Waals surface area contributed by atoms with Crippen LogP contribution in [0.1, 0.15) is 30.9 Å². The number of pyridine rings is 1. The minimum Gasteiger partial charge on any atom is -0.508 e. The molecule has 2 heterocycles. The summed E-state index contributed by atoms with van der Waals surface area (Å²) in [5.41, 5.74) is 1.40. The lowest BCUT2D eigenvalue weighted by Gasteiger charge is -2.19. The van der Waals surface area contributed by atoms with Gasteiger partial charge in [-0.05, 0) is 55.5 Å². The molecular weight excluding hydrogens is 463 g/mol. The molecule has 0 radical (unpaired) electrons. The van der Waals surface area contributed by atoms with Gasteiger partial charge in [0.1, 0.15) is 28.9 Å². The summed E-state index contributed by atoms with van der Waals surface area (Å²) in [6.07, 6.45) is 6.47. The summed E-state index contributed by atoms with van der Waals surface area (Å²) in [4.78, 5) is 28.1. The van der Waals surface area contributed by atoms with Gasteiger partial charge in [0.05, 0.1) is 5.54 Å². The number of carbonyl (C=O) groups is 2. The Morgan fingerprint density at radius 1 is 1.33 bits per heavy atom. The fourth-order valence-electron chi connectivity index (χ4n) is 4.78. The van der Waals surface area contributed by atoms with E-state index in [2.05, 4.69) is 27.5 Å². The van der Waals surface area contributed by atoms with Crippen molar-refractivity contribution < 1.29 is 23.8 Å². The number of ether oxygens (including phenoxy) is 1. The average Bonchev–Trinajstić information content (AvgIpc) is 3.71. The maximum Gasteiger partial charge on any atom is 0.315 e. The highest BCUT2D eigenvalue weighted by Gasteiger charge is 2.80. The molecule has 2 aliphatic carbocycles. The summed E-state index contributed by atoms with van der Waals surface area (Å²) in [7, 11) is 0. The van der Waals surface area contributed by atoms with E-state index >= 15 is 0 Å².